The normalized spacial score (nSPS) is 10.6. The van der Waals surface area contributed by atoms with Gasteiger partial charge in [-0.15, -0.1) is 5.10 Å². The highest BCUT2D eigenvalue weighted by Crippen LogP contribution is 2.27. The molecule has 6 nitrogen and oxygen atoms in total. The quantitative estimate of drug-likeness (QED) is 0.537. The van der Waals surface area contributed by atoms with Crippen molar-refractivity contribution in [1.82, 2.24) is 14.8 Å². The van der Waals surface area contributed by atoms with Gasteiger partial charge < -0.3 is 10.1 Å². The van der Waals surface area contributed by atoms with E-state index in [1.54, 1.807) is 7.11 Å². The second-order valence-corrected chi connectivity index (χ2v) is 6.51. The SMILES string of the molecule is COc1cccc(-c2nc(-c3ccccc3C)n(C(=O)Nc3ccccc3)n2)c1. The number of aromatic nitrogens is 3. The summed E-state index contributed by atoms with van der Waals surface area (Å²) in [6.07, 6.45) is 0. The summed E-state index contributed by atoms with van der Waals surface area (Å²) >= 11 is 0. The van der Waals surface area contributed by atoms with E-state index in [0.717, 1.165) is 16.7 Å². The molecular weight excluding hydrogens is 364 g/mol. The molecule has 0 aliphatic heterocycles. The number of nitrogens with one attached hydrogen (secondary N) is 1. The van der Waals surface area contributed by atoms with Crippen LogP contribution in [0.4, 0.5) is 10.5 Å². The Morgan fingerprint density at radius 1 is 0.966 bits per heavy atom. The molecule has 0 fully saturated rings. The third-order valence-corrected chi connectivity index (χ3v) is 4.54. The van der Waals surface area contributed by atoms with Crippen LogP contribution in [0.1, 0.15) is 5.56 Å². The molecule has 3 aromatic carbocycles. The summed E-state index contributed by atoms with van der Waals surface area (Å²) in [6, 6.07) is 24.1. The van der Waals surface area contributed by atoms with Crippen LogP contribution in [0.3, 0.4) is 0 Å². The van der Waals surface area contributed by atoms with Gasteiger partial charge in [-0.2, -0.15) is 4.68 Å². The number of carbonyl (C=O) groups excluding carboxylic acids is 1. The van der Waals surface area contributed by atoms with E-state index in [1.807, 2.05) is 85.8 Å². The van der Waals surface area contributed by atoms with Crippen LogP contribution in [-0.2, 0) is 0 Å². The number of rotatable bonds is 4. The number of carbonyl (C=O) groups is 1. The topological polar surface area (TPSA) is 69.0 Å². The number of methoxy groups -OCH3 is 1. The average molecular weight is 384 g/mol. The number of aryl methyl sites for hydroxylation is 1. The molecule has 144 valence electrons. The third kappa shape index (κ3) is 3.87. The largest absolute Gasteiger partial charge is 0.497 e. The summed E-state index contributed by atoms with van der Waals surface area (Å²) in [5.41, 5.74) is 3.31. The van der Waals surface area contributed by atoms with Gasteiger partial charge in [0.25, 0.3) is 0 Å². The van der Waals surface area contributed by atoms with Gasteiger partial charge in [-0.1, -0.05) is 54.6 Å². The molecule has 0 saturated heterocycles. The minimum Gasteiger partial charge on any atom is -0.497 e. The first kappa shape index (κ1) is 18.4. The van der Waals surface area contributed by atoms with E-state index in [9.17, 15) is 4.79 Å². The molecule has 4 aromatic rings. The molecule has 0 atom stereocenters. The average Bonchev–Trinajstić information content (AvgIpc) is 3.20. The van der Waals surface area contributed by atoms with Crippen molar-refractivity contribution in [2.24, 2.45) is 0 Å². The summed E-state index contributed by atoms with van der Waals surface area (Å²) in [6.45, 7) is 1.98. The molecule has 1 heterocycles. The number of anilines is 1. The van der Waals surface area contributed by atoms with Crippen molar-refractivity contribution >= 4 is 11.7 Å². The lowest BCUT2D eigenvalue weighted by atomic mass is 10.1. The van der Waals surface area contributed by atoms with Crippen LogP contribution in [0.15, 0.2) is 78.9 Å². The Morgan fingerprint density at radius 2 is 1.72 bits per heavy atom. The Bertz CT molecular complexity index is 1150. The molecule has 6 heteroatoms. The van der Waals surface area contributed by atoms with Gasteiger partial charge in [0.15, 0.2) is 11.6 Å². The van der Waals surface area contributed by atoms with Gasteiger partial charge in [0, 0.05) is 16.8 Å². The number of hydrogen-bond donors (Lipinski definition) is 1. The lowest BCUT2D eigenvalue weighted by molar-refractivity contribution is 0.251. The minimum absolute atomic E-state index is 0.379. The maximum Gasteiger partial charge on any atom is 0.348 e. The van der Waals surface area contributed by atoms with Gasteiger partial charge >= 0.3 is 6.03 Å². The third-order valence-electron chi connectivity index (χ3n) is 4.54. The number of nitrogens with zero attached hydrogens (tertiary/aromatic N) is 3. The van der Waals surface area contributed by atoms with Crippen molar-refractivity contribution < 1.29 is 9.53 Å². The summed E-state index contributed by atoms with van der Waals surface area (Å²) < 4.78 is 6.61. The number of amides is 1. The molecule has 0 bridgehead atoms. The Hall–Kier alpha value is -3.93. The Kier molecular flexibility index (Phi) is 5.07. The van der Waals surface area contributed by atoms with Crippen LogP contribution in [-0.4, -0.2) is 27.9 Å². The molecule has 1 amide bonds. The van der Waals surface area contributed by atoms with Crippen molar-refractivity contribution in [2.45, 2.75) is 6.92 Å². The van der Waals surface area contributed by atoms with Gasteiger partial charge in [-0.25, -0.2) is 9.78 Å². The second kappa shape index (κ2) is 7.98. The lowest BCUT2D eigenvalue weighted by Crippen LogP contribution is -2.22. The van der Waals surface area contributed by atoms with Gasteiger partial charge in [-0.3, -0.25) is 0 Å². The minimum atomic E-state index is -0.379. The predicted octanol–water partition coefficient (Wildman–Crippen LogP) is 5.01. The lowest BCUT2D eigenvalue weighted by Gasteiger charge is -2.08. The maximum absolute atomic E-state index is 13.0. The maximum atomic E-state index is 13.0. The van der Waals surface area contributed by atoms with E-state index in [1.165, 1.54) is 4.68 Å². The van der Waals surface area contributed by atoms with E-state index in [0.29, 0.717) is 23.1 Å². The van der Waals surface area contributed by atoms with Gasteiger partial charge in [0.2, 0.25) is 0 Å². The summed E-state index contributed by atoms with van der Waals surface area (Å²) in [4.78, 5) is 17.7. The highest BCUT2D eigenvalue weighted by Gasteiger charge is 2.20. The molecule has 1 aromatic heterocycles. The molecule has 0 saturated carbocycles. The number of para-hydroxylation sites is 1. The highest BCUT2D eigenvalue weighted by atomic mass is 16.5. The summed E-state index contributed by atoms with van der Waals surface area (Å²) in [5, 5.41) is 7.38. The molecule has 1 N–H and O–H groups in total. The first-order valence-electron chi connectivity index (χ1n) is 9.19. The Labute approximate surface area is 168 Å². The first-order valence-corrected chi connectivity index (χ1v) is 9.19. The molecule has 0 aliphatic carbocycles. The van der Waals surface area contributed by atoms with Crippen molar-refractivity contribution in [3.05, 3.63) is 84.4 Å². The van der Waals surface area contributed by atoms with Crippen LogP contribution >= 0.6 is 0 Å². The predicted molar refractivity (Wildman–Crippen MR) is 113 cm³/mol. The fourth-order valence-electron chi connectivity index (χ4n) is 3.03. The fourth-order valence-corrected chi connectivity index (χ4v) is 3.03. The number of ether oxygens (including phenoxy) is 1. The van der Waals surface area contributed by atoms with E-state index < -0.39 is 0 Å². The molecule has 4 rings (SSSR count). The van der Waals surface area contributed by atoms with E-state index in [-0.39, 0.29) is 6.03 Å². The Balaban J connectivity index is 1.81. The second-order valence-electron chi connectivity index (χ2n) is 6.51. The molecule has 29 heavy (non-hydrogen) atoms. The Morgan fingerprint density at radius 3 is 2.48 bits per heavy atom. The van der Waals surface area contributed by atoms with Crippen molar-refractivity contribution in [3.8, 4) is 28.5 Å². The molecular formula is C23H20N4O2. The number of benzene rings is 3. The van der Waals surface area contributed by atoms with Crippen molar-refractivity contribution in [2.75, 3.05) is 12.4 Å². The van der Waals surface area contributed by atoms with Crippen molar-refractivity contribution in [3.63, 3.8) is 0 Å². The van der Waals surface area contributed by atoms with E-state index in [4.69, 9.17) is 4.74 Å². The van der Waals surface area contributed by atoms with Crippen LogP contribution in [0, 0.1) is 6.92 Å². The fraction of sp³-hybridized carbons (Fsp3) is 0.0870. The van der Waals surface area contributed by atoms with Crippen LogP contribution in [0.25, 0.3) is 22.8 Å². The van der Waals surface area contributed by atoms with Gasteiger partial charge in [-0.05, 0) is 36.8 Å². The molecule has 0 unspecified atom stereocenters. The molecule has 0 spiro atoms. The summed E-state index contributed by atoms with van der Waals surface area (Å²) in [7, 11) is 1.61. The van der Waals surface area contributed by atoms with Crippen LogP contribution < -0.4 is 10.1 Å². The van der Waals surface area contributed by atoms with E-state index in [2.05, 4.69) is 15.4 Å². The van der Waals surface area contributed by atoms with Gasteiger partial charge in [0.1, 0.15) is 5.75 Å². The molecule has 0 radical (unpaired) electrons. The standard InChI is InChI=1S/C23H20N4O2/c1-16-9-6-7-14-20(16)22-25-21(17-10-8-13-19(15-17)29-2)26-27(22)23(28)24-18-11-4-3-5-12-18/h3-15H,1-2H3,(H,24,28). The van der Waals surface area contributed by atoms with E-state index >= 15 is 0 Å². The zero-order valence-electron chi connectivity index (χ0n) is 16.2. The monoisotopic (exact) mass is 384 g/mol. The zero-order valence-corrected chi connectivity index (χ0v) is 16.2. The smallest absolute Gasteiger partial charge is 0.348 e. The van der Waals surface area contributed by atoms with Crippen molar-refractivity contribution in [1.29, 1.82) is 0 Å². The molecule has 0 aliphatic rings. The van der Waals surface area contributed by atoms with Crippen LogP contribution in [0.5, 0.6) is 5.75 Å². The highest BCUT2D eigenvalue weighted by molar-refractivity contribution is 5.93. The summed E-state index contributed by atoms with van der Waals surface area (Å²) in [5.74, 6) is 1.63. The first-order chi connectivity index (χ1) is 14.2. The van der Waals surface area contributed by atoms with Crippen LogP contribution in [0.2, 0.25) is 0 Å². The zero-order chi connectivity index (χ0) is 20.2. The number of hydrogen-bond acceptors (Lipinski definition) is 4. The van der Waals surface area contributed by atoms with Gasteiger partial charge in [0.05, 0.1) is 7.11 Å².